The lowest BCUT2D eigenvalue weighted by atomic mass is 9.93. The number of fused-ring (bicyclic) bond motifs is 2. The molecule has 0 aliphatic rings. The van der Waals surface area contributed by atoms with Gasteiger partial charge in [0.05, 0.1) is 6.26 Å². The number of thiophene rings is 1. The SMILES string of the molecule is Cc1sc2cc3ccccc3c(-c3ccc(OS(C)(=O)=O)cc3)c2c1C. The van der Waals surface area contributed by atoms with Gasteiger partial charge in [-0.15, -0.1) is 11.3 Å². The molecule has 1 heterocycles. The van der Waals surface area contributed by atoms with E-state index in [1.165, 1.54) is 36.9 Å². The van der Waals surface area contributed by atoms with Gasteiger partial charge >= 0.3 is 10.1 Å². The summed E-state index contributed by atoms with van der Waals surface area (Å²) in [6, 6.07) is 17.9. The fourth-order valence-electron chi connectivity index (χ4n) is 3.34. The number of aryl methyl sites for hydroxylation is 2. The molecule has 0 unspecified atom stereocenters. The van der Waals surface area contributed by atoms with Gasteiger partial charge in [0.1, 0.15) is 5.75 Å². The highest BCUT2D eigenvalue weighted by atomic mass is 32.2. The monoisotopic (exact) mass is 382 g/mol. The van der Waals surface area contributed by atoms with Gasteiger partial charge in [-0.3, -0.25) is 0 Å². The van der Waals surface area contributed by atoms with Crippen LogP contribution in [-0.4, -0.2) is 14.7 Å². The maximum absolute atomic E-state index is 11.3. The van der Waals surface area contributed by atoms with Crippen LogP contribution in [0.4, 0.5) is 0 Å². The molecule has 0 saturated heterocycles. The molecule has 132 valence electrons. The molecule has 0 bridgehead atoms. The van der Waals surface area contributed by atoms with Gasteiger partial charge in [0, 0.05) is 15.0 Å². The lowest BCUT2D eigenvalue weighted by Gasteiger charge is -2.11. The van der Waals surface area contributed by atoms with Crippen LogP contribution in [0.1, 0.15) is 10.4 Å². The van der Waals surface area contributed by atoms with Crippen LogP contribution in [0.5, 0.6) is 5.75 Å². The van der Waals surface area contributed by atoms with Crippen LogP contribution in [0.25, 0.3) is 32.0 Å². The fraction of sp³-hybridized carbons (Fsp3) is 0.143. The van der Waals surface area contributed by atoms with E-state index < -0.39 is 10.1 Å². The van der Waals surface area contributed by atoms with Crippen molar-refractivity contribution in [1.29, 1.82) is 0 Å². The molecular weight excluding hydrogens is 364 g/mol. The Labute approximate surface area is 157 Å². The second-order valence-electron chi connectivity index (χ2n) is 6.44. The van der Waals surface area contributed by atoms with Crippen molar-refractivity contribution in [2.75, 3.05) is 6.26 Å². The molecule has 0 N–H and O–H groups in total. The van der Waals surface area contributed by atoms with Crippen molar-refractivity contribution in [1.82, 2.24) is 0 Å². The van der Waals surface area contributed by atoms with E-state index >= 15 is 0 Å². The average molecular weight is 383 g/mol. The molecule has 0 aliphatic heterocycles. The predicted molar refractivity (Wildman–Crippen MR) is 110 cm³/mol. The second kappa shape index (κ2) is 6.11. The summed E-state index contributed by atoms with van der Waals surface area (Å²) in [5.41, 5.74) is 3.53. The van der Waals surface area contributed by atoms with E-state index in [1.54, 1.807) is 12.1 Å². The fourth-order valence-corrected chi connectivity index (χ4v) is 4.93. The minimum atomic E-state index is -3.53. The van der Waals surface area contributed by atoms with E-state index in [9.17, 15) is 8.42 Å². The first-order valence-corrected chi connectivity index (χ1v) is 10.9. The number of hydrogen-bond donors (Lipinski definition) is 0. The topological polar surface area (TPSA) is 43.4 Å². The zero-order valence-corrected chi connectivity index (χ0v) is 16.4. The molecule has 4 aromatic rings. The van der Waals surface area contributed by atoms with Gasteiger partial charge in [-0.05, 0) is 59.5 Å². The molecule has 0 saturated carbocycles. The summed E-state index contributed by atoms with van der Waals surface area (Å²) < 4.78 is 28.9. The van der Waals surface area contributed by atoms with Gasteiger partial charge in [-0.2, -0.15) is 8.42 Å². The molecule has 0 atom stereocenters. The quantitative estimate of drug-likeness (QED) is 0.428. The van der Waals surface area contributed by atoms with Crippen molar-refractivity contribution in [2.24, 2.45) is 0 Å². The lowest BCUT2D eigenvalue weighted by molar-refractivity contribution is 0.493. The smallest absolute Gasteiger partial charge is 0.306 e. The maximum atomic E-state index is 11.3. The molecule has 3 nitrogen and oxygen atoms in total. The van der Waals surface area contributed by atoms with E-state index in [0.29, 0.717) is 5.75 Å². The first-order chi connectivity index (χ1) is 12.3. The van der Waals surface area contributed by atoms with Crippen molar-refractivity contribution >= 4 is 42.3 Å². The average Bonchev–Trinajstić information content (AvgIpc) is 2.86. The van der Waals surface area contributed by atoms with Gasteiger partial charge < -0.3 is 4.18 Å². The van der Waals surface area contributed by atoms with Crippen LogP contribution in [-0.2, 0) is 10.1 Å². The highest BCUT2D eigenvalue weighted by Crippen LogP contribution is 2.42. The molecule has 26 heavy (non-hydrogen) atoms. The van der Waals surface area contributed by atoms with Crippen molar-refractivity contribution in [3.63, 3.8) is 0 Å². The Bertz CT molecular complexity index is 1230. The molecule has 0 fully saturated rings. The Kier molecular flexibility index (Phi) is 4.01. The van der Waals surface area contributed by atoms with Gasteiger partial charge in [0.2, 0.25) is 0 Å². The Morgan fingerprint density at radius 1 is 0.962 bits per heavy atom. The van der Waals surface area contributed by atoms with Crippen molar-refractivity contribution in [3.05, 3.63) is 65.0 Å². The molecule has 0 amide bonds. The molecule has 3 aromatic carbocycles. The van der Waals surface area contributed by atoms with Gasteiger partial charge in [0.15, 0.2) is 0 Å². The van der Waals surface area contributed by atoms with Crippen LogP contribution in [0, 0.1) is 13.8 Å². The normalized spacial score (nSPS) is 12.0. The highest BCUT2D eigenvalue weighted by Gasteiger charge is 2.15. The summed E-state index contributed by atoms with van der Waals surface area (Å²) in [5, 5.41) is 3.66. The van der Waals surface area contributed by atoms with E-state index in [0.717, 1.165) is 11.8 Å². The number of rotatable bonds is 3. The van der Waals surface area contributed by atoms with Crippen LogP contribution < -0.4 is 4.18 Å². The lowest BCUT2D eigenvalue weighted by Crippen LogP contribution is -2.05. The highest BCUT2D eigenvalue weighted by molar-refractivity contribution is 7.86. The summed E-state index contributed by atoms with van der Waals surface area (Å²) in [7, 11) is -3.53. The summed E-state index contributed by atoms with van der Waals surface area (Å²) >= 11 is 1.81. The zero-order valence-electron chi connectivity index (χ0n) is 14.7. The second-order valence-corrected chi connectivity index (χ2v) is 9.27. The molecule has 5 heteroatoms. The third-order valence-corrected chi connectivity index (χ3v) is 6.22. The summed E-state index contributed by atoms with van der Waals surface area (Å²) in [6.45, 7) is 4.31. The third kappa shape index (κ3) is 2.97. The van der Waals surface area contributed by atoms with E-state index in [4.69, 9.17) is 4.18 Å². The summed E-state index contributed by atoms with van der Waals surface area (Å²) in [6.07, 6.45) is 1.05. The van der Waals surface area contributed by atoms with Crippen LogP contribution in [0.3, 0.4) is 0 Å². The standard InChI is InChI=1S/C21H18O3S2/c1-13-14(2)25-19-12-16-6-4-5-7-18(16)21(20(13)19)15-8-10-17(11-9-15)24-26(3,22)23/h4-12H,1-3H3. The van der Waals surface area contributed by atoms with E-state index in [-0.39, 0.29) is 0 Å². The van der Waals surface area contributed by atoms with Gasteiger partial charge in [-0.1, -0.05) is 36.4 Å². The van der Waals surface area contributed by atoms with Crippen molar-refractivity contribution in [2.45, 2.75) is 13.8 Å². The van der Waals surface area contributed by atoms with Crippen LogP contribution in [0.2, 0.25) is 0 Å². The predicted octanol–water partition coefficient (Wildman–Crippen LogP) is 5.68. The van der Waals surface area contributed by atoms with Crippen LogP contribution >= 0.6 is 11.3 Å². The Balaban J connectivity index is 1.99. The third-order valence-electron chi connectivity index (χ3n) is 4.57. The number of hydrogen-bond acceptors (Lipinski definition) is 4. The Morgan fingerprint density at radius 2 is 1.65 bits per heavy atom. The van der Waals surface area contributed by atoms with E-state index in [2.05, 4.69) is 32.0 Å². The molecule has 0 radical (unpaired) electrons. The Hall–Kier alpha value is -2.37. The summed E-state index contributed by atoms with van der Waals surface area (Å²) in [5.74, 6) is 0.325. The molecule has 0 aliphatic carbocycles. The van der Waals surface area contributed by atoms with Crippen molar-refractivity contribution in [3.8, 4) is 16.9 Å². The largest absolute Gasteiger partial charge is 0.383 e. The van der Waals surface area contributed by atoms with E-state index in [1.807, 2.05) is 35.6 Å². The van der Waals surface area contributed by atoms with Crippen molar-refractivity contribution < 1.29 is 12.6 Å². The van der Waals surface area contributed by atoms with Crippen LogP contribution in [0.15, 0.2) is 54.6 Å². The first-order valence-electron chi connectivity index (χ1n) is 8.25. The first kappa shape index (κ1) is 17.1. The molecule has 0 spiro atoms. The number of benzene rings is 3. The maximum Gasteiger partial charge on any atom is 0.306 e. The Morgan fingerprint density at radius 3 is 2.35 bits per heavy atom. The minimum absolute atomic E-state index is 0.325. The van der Waals surface area contributed by atoms with Gasteiger partial charge in [0.25, 0.3) is 0 Å². The molecular formula is C21H18O3S2. The minimum Gasteiger partial charge on any atom is -0.383 e. The zero-order chi connectivity index (χ0) is 18.5. The van der Waals surface area contributed by atoms with Gasteiger partial charge in [-0.25, -0.2) is 0 Å². The molecule has 1 aromatic heterocycles. The molecule has 4 rings (SSSR count). The summed E-state index contributed by atoms with van der Waals surface area (Å²) in [4.78, 5) is 1.31.